The summed E-state index contributed by atoms with van der Waals surface area (Å²) in [4.78, 5) is 0. The Balaban J connectivity index is 2.25. The van der Waals surface area contributed by atoms with Crippen LogP contribution in [0.4, 0.5) is 26.3 Å². The maximum absolute atomic E-state index is 13.5. The van der Waals surface area contributed by atoms with Crippen molar-refractivity contribution in [1.29, 1.82) is 0 Å². The van der Waals surface area contributed by atoms with Crippen molar-refractivity contribution in [2.45, 2.75) is 61.3 Å². The van der Waals surface area contributed by atoms with Crippen LogP contribution in [-0.2, 0) is 20.0 Å². The largest absolute Gasteiger partial charge is 0.512 e. The standard InChI is InChI=1S/C20H23F6NO4S2Si/c1-34(2,27(32(28,29)19(21,22)23)33(30,31)20(24,25)26)18-13-6-5-11-17(18)16-12-7-9-14-8-3-4-10-15(14)16/h3-4,7-10,12,17-18H,5-6,11,13H2,1-2H3/t17-,18+/m0/s1. The third kappa shape index (κ3) is 4.49. The third-order valence-electron chi connectivity index (χ3n) is 6.39. The summed E-state index contributed by atoms with van der Waals surface area (Å²) in [6.45, 7) is 1.90. The molecule has 1 aliphatic carbocycles. The molecule has 34 heavy (non-hydrogen) atoms. The predicted molar refractivity (Wildman–Crippen MR) is 118 cm³/mol. The maximum Gasteiger partial charge on any atom is 0.512 e. The molecule has 1 fully saturated rings. The molecular formula is C20H23F6NO4S2Si. The Bertz CT molecular complexity index is 1230. The van der Waals surface area contributed by atoms with E-state index < -0.39 is 54.1 Å². The fourth-order valence-corrected chi connectivity index (χ4v) is 15.8. The van der Waals surface area contributed by atoms with Gasteiger partial charge in [0, 0.05) is 0 Å². The smallest absolute Gasteiger partial charge is 0.202 e. The van der Waals surface area contributed by atoms with Gasteiger partial charge in [-0.05, 0) is 34.2 Å². The Labute approximate surface area is 194 Å². The molecule has 2 atom stereocenters. The highest BCUT2D eigenvalue weighted by Crippen LogP contribution is 2.52. The predicted octanol–water partition coefficient (Wildman–Crippen LogP) is 6.07. The van der Waals surface area contributed by atoms with E-state index in [1.165, 1.54) is 0 Å². The van der Waals surface area contributed by atoms with E-state index in [4.69, 9.17) is 0 Å². The molecule has 14 heteroatoms. The molecule has 3 rings (SSSR count). The number of hydrogen-bond acceptors (Lipinski definition) is 4. The average Bonchev–Trinajstić information content (AvgIpc) is 2.71. The van der Waals surface area contributed by atoms with Crippen LogP contribution in [0.5, 0.6) is 0 Å². The molecule has 0 radical (unpaired) electrons. The second kappa shape index (κ2) is 8.78. The lowest BCUT2D eigenvalue weighted by Crippen LogP contribution is -2.63. The van der Waals surface area contributed by atoms with Crippen LogP contribution in [0.3, 0.4) is 0 Å². The van der Waals surface area contributed by atoms with Gasteiger partial charge in [0.2, 0.25) is 0 Å². The van der Waals surface area contributed by atoms with Gasteiger partial charge in [-0.25, -0.2) is 16.8 Å². The summed E-state index contributed by atoms with van der Waals surface area (Å²) < 4.78 is 129. The Hall–Kier alpha value is -1.64. The van der Waals surface area contributed by atoms with Gasteiger partial charge in [-0.2, -0.15) is 26.3 Å². The zero-order chi connectivity index (χ0) is 25.7. The molecule has 0 aromatic heterocycles. The molecular weight excluding hydrogens is 524 g/mol. The van der Waals surface area contributed by atoms with Gasteiger partial charge < -0.3 is 0 Å². The van der Waals surface area contributed by atoms with E-state index in [-0.39, 0.29) is 6.42 Å². The van der Waals surface area contributed by atoms with E-state index in [1.54, 1.807) is 42.5 Å². The zero-order valence-corrected chi connectivity index (χ0v) is 20.8. The van der Waals surface area contributed by atoms with Crippen LogP contribution in [-0.4, -0.2) is 39.5 Å². The highest BCUT2D eigenvalue weighted by molar-refractivity contribution is 8.06. The summed E-state index contributed by atoms with van der Waals surface area (Å²) >= 11 is 0. The van der Waals surface area contributed by atoms with E-state index in [0.29, 0.717) is 24.8 Å². The second-order valence-corrected chi connectivity index (χ2v) is 17.8. The fraction of sp³-hybridized carbons (Fsp3) is 0.500. The summed E-state index contributed by atoms with van der Waals surface area (Å²) in [5.74, 6) is -0.615. The van der Waals surface area contributed by atoms with Crippen LogP contribution in [0.25, 0.3) is 10.8 Å². The summed E-state index contributed by atoms with van der Waals surface area (Å²) in [6.07, 6.45) is 1.52. The second-order valence-electron chi connectivity index (χ2n) is 8.82. The van der Waals surface area contributed by atoms with Gasteiger partial charge in [-0.1, -0.05) is 74.8 Å². The minimum atomic E-state index is -6.85. The molecule has 2 aromatic carbocycles. The number of halogens is 6. The van der Waals surface area contributed by atoms with Gasteiger partial charge in [0.15, 0.2) is 8.24 Å². The lowest BCUT2D eigenvalue weighted by molar-refractivity contribution is -0.0510. The van der Waals surface area contributed by atoms with Crippen molar-refractivity contribution in [3.8, 4) is 0 Å². The molecule has 1 aliphatic rings. The van der Waals surface area contributed by atoms with Gasteiger partial charge in [-0.15, -0.1) is 3.38 Å². The van der Waals surface area contributed by atoms with Crippen LogP contribution in [0, 0.1) is 0 Å². The first-order valence-electron chi connectivity index (χ1n) is 10.3. The molecule has 0 aliphatic heterocycles. The summed E-state index contributed by atoms with van der Waals surface area (Å²) in [6, 6.07) is 12.3. The van der Waals surface area contributed by atoms with Gasteiger partial charge in [-0.3, -0.25) is 0 Å². The number of fused-ring (bicyclic) bond motifs is 1. The van der Waals surface area contributed by atoms with Crippen molar-refractivity contribution in [2.24, 2.45) is 0 Å². The fourth-order valence-electron chi connectivity index (χ4n) is 4.99. The van der Waals surface area contributed by atoms with E-state index in [2.05, 4.69) is 0 Å². The Morgan fingerprint density at radius 3 is 1.85 bits per heavy atom. The molecule has 0 saturated heterocycles. The molecule has 0 N–H and O–H groups in total. The number of alkyl halides is 6. The number of benzene rings is 2. The highest BCUT2D eigenvalue weighted by Gasteiger charge is 2.67. The third-order valence-corrected chi connectivity index (χ3v) is 17.3. The molecule has 0 unspecified atom stereocenters. The Kier molecular flexibility index (Phi) is 6.96. The Morgan fingerprint density at radius 2 is 1.29 bits per heavy atom. The molecule has 0 spiro atoms. The van der Waals surface area contributed by atoms with Gasteiger partial charge in [0.25, 0.3) is 0 Å². The number of sulfonamides is 2. The van der Waals surface area contributed by atoms with Crippen molar-refractivity contribution in [2.75, 3.05) is 0 Å². The van der Waals surface area contributed by atoms with Crippen molar-refractivity contribution in [3.63, 3.8) is 0 Å². The van der Waals surface area contributed by atoms with E-state index in [0.717, 1.165) is 23.9 Å². The van der Waals surface area contributed by atoms with E-state index in [9.17, 15) is 43.2 Å². The SMILES string of the molecule is C[Si](C)([C@@H]1CCCC[C@H]1c1cccc2ccccc12)N(S(=O)(=O)C(F)(F)F)S(=O)(=O)C(F)(F)F. The van der Waals surface area contributed by atoms with Gasteiger partial charge in [0.1, 0.15) is 0 Å². The molecule has 0 bridgehead atoms. The van der Waals surface area contributed by atoms with Crippen molar-refractivity contribution in [1.82, 2.24) is 3.38 Å². The molecule has 5 nitrogen and oxygen atoms in total. The van der Waals surface area contributed by atoms with E-state index >= 15 is 0 Å². The Morgan fingerprint density at radius 1 is 0.794 bits per heavy atom. The minimum Gasteiger partial charge on any atom is -0.202 e. The molecule has 2 aromatic rings. The zero-order valence-electron chi connectivity index (χ0n) is 18.2. The average molecular weight is 548 g/mol. The lowest BCUT2D eigenvalue weighted by atomic mass is 9.81. The van der Waals surface area contributed by atoms with Crippen LogP contribution >= 0.6 is 0 Å². The quantitative estimate of drug-likeness (QED) is 0.336. The first-order valence-corrected chi connectivity index (χ1v) is 16.3. The number of nitrogens with zero attached hydrogens (tertiary/aromatic N) is 1. The number of rotatable bonds is 5. The summed E-state index contributed by atoms with van der Waals surface area (Å²) in [5.41, 5.74) is -12.8. The summed E-state index contributed by atoms with van der Waals surface area (Å²) in [5, 5.41) is 1.53. The molecule has 190 valence electrons. The highest BCUT2D eigenvalue weighted by atomic mass is 32.3. The minimum absolute atomic E-state index is 0.102. The normalized spacial score (nSPS) is 21.2. The summed E-state index contributed by atoms with van der Waals surface area (Å²) in [7, 11) is -18.2. The van der Waals surface area contributed by atoms with E-state index in [1.807, 2.05) is 0 Å². The van der Waals surface area contributed by atoms with Crippen molar-refractivity contribution in [3.05, 3.63) is 48.0 Å². The molecule has 1 saturated carbocycles. The monoisotopic (exact) mass is 547 g/mol. The van der Waals surface area contributed by atoms with Gasteiger partial charge in [0.05, 0.1) is 0 Å². The van der Waals surface area contributed by atoms with Crippen LogP contribution in [0.1, 0.15) is 37.2 Å². The first kappa shape index (κ1) is 27.0. The first-order chi connectivity index (χ1) is 15.4. The topological polar surface area (TPSA) is 71.5 Å². The molecule has 0 amide bonds. The van der Waals surface area contributed by atoms with Crippen LogP contribution in [0.2, 0.25) is 18.6 Å². The lowest BCUT2D eigenvalue weighted by Gasteiger charge is -2.45. The number of hydrogen-bond donors (Lipinski definition) is 0. The van der Waals surface area contributed by atoms with Crippen LogP contribution in [0.15, 0.2) is 42.5 Å². The van der Waals surface area contributed by atoms with Crippen molar-refractivity contribution < 1.29 is 43.2 Å². The van der Waals surface area contributed by atoms with Crippen molar-refractivity contribution >= 4 is 39.1 Å². The molecule has 0 heterocycles. The van der Waals surface area contributed by atoms with Crippen LogP contribution < -0.4 is 0 Å². The van der Waals surface area contributed by atoms with Gasteiger partial charge >= 0.3 is 31.1 Å². The maximum atomic E-state index is 13.5.